The van der Waals surface area contributed by atoms with Gasteiger partial charge in [0.2, 0.25) is 29.5 Å². The molecule has 6 amide bonds. The molecule has 17 nitrogen and oxygen atoms in total. The average molecular weight is 811 g/mol. The van der Waals surface area contributed by atoms with Crippen LogP contribution in [0.1, 0.15) is 54.6 Å². The first-order chi connectivity index (χ1) is 28.2. The first-order valence-electron chi connectivity index (χ1n) is 19.3. The number of nitrogens with two attached hydrogens (primary N) is 3. The SMILES string of the molecule is COc1ccc(C(=O)N[C@@H](Cc2ccccc2)C(=O)NCC(=O)N[C@@H](CC(C)C)C(=O)N[C@@H](CCCN=C(N)N)C(=O)N[C@@H](Cc2c[nH]c3ccccc23)C(N)=O)cc1. The quantitative estimate of drug-likeness (QED) is 0.0310. The van der Waals surface area contributed by atoms with Gasteiger partial charge < -0.3 is 53.5 Å². The third-order valence-corrected chi connectivity index (χ3v) is 9.38. The van der Waals surface area contributed by atoms with E-state index < -0.39 is 66.2 Å². The van der Waals surface area contributed by atoms with E-state index >= 15 is 0 Å². The summed E-state index contributed by atoms with van der Waals surface area (Å²) in [5, 5.41) is 14.3. The number of carbonyl (C=O) groups excluding carboxylic acids is 6. The molecule has 0 aliphatic carbocycles. The number of carbonyl (C=O) groups is 6. The summed E-state index contributed by atoms with van der Waals surface area (Å²) in [5.74, 6) is -3.56. The van der Waals surface area contributed by atoms with Crippen molar-refractivity contribution in [2.45, 2.75) is 70.1 Å². The van der Waals surface area contributed by atoms with Gasteiger partial charge in [0.25, 0.3) is 5.91 Å². The highest BCUT2D eigenvalue weighted by atomic mass is 16.5. The van der Waals surface area contributed by atoms with Gasteiger partial charge in [-0.15, -0.1) is 0 Å². The number of primary amides is 1. The third-order valence-electron chi connectivity index (χ3n) is 9.38. The predicted octanol–water partition coefficient (Wildman–Crippen LogP) is 0.916. The van der Waals surface area contributed by atoms with E-state index in [4.69, 9.17) is 21.9 Å². The molecule has 4 atom stereocenters. The van der Waals surface area contributed by atoms with Crippen LogP contribution in [-0.4, -0.2) is 90.8 Å². The molecule has 1 aromatic heterocycles. The molecule has 0 fully saturated rings. The molecule has 0 radical (unpaired) electrons. The molecule has 0 saturated heterocycles. The van der Waals surface area contributed by atoms with E-state index in [1.165, 1.54) is 7.11 Å². The fourth-order valence-electron chi connectivity index (χ4n) is 6.34. The number of aromatic amines is 1. The molecule has 0 aliphatic rings. The molecule has 4 rings (SSSR count). The zero-order valence-electron chi connectivity index (χ0n) is 33.5. The maximum absolute atomic E-state index is 13.8. The van der Waals surface area contributed by atoms with Crippen molar-refractivity contribution >= 4 is 52.3 Å². The van der Waals surface area contributed by atoms with Gasteiger partial charge in [0.15, 0.2) is 5.96 Å². The Hall–Kier alpha value is -6.91. The number of hydrogen-bond donors (Lipinski definition) is 9. The van der Waals surface area contributed by atoms with E-state index in [2.05, 4.69) is 36.6 Å². The fraction of sp³-hybridized carbons (Fsp3) is 0.357. The molecule has 1 heterocycles. The number of hydrogen-bond acceptors (Lipinski definition) is 8. The summed E-state index contributed by atoms with van der Waals surface area (Å²) in [4.78, 5) is 87.2. The van der Waals surface area contributed by atoms with Crippen molar-refractivity contribution in [2.24, 2.45) is 28.1 Å². The van der Waals surface area contributed by atoms with E-state index in [9.17, 15) is 28.8 Å². The van der Waals surface area contributed by atoms with E-state index in [-0.39, 0.29) is 50.5 Å². The number of H-pyrrole nitrogens is 1. The van der Waals surface area contributed by atoms with E-state index in [0.717, 1.165) is 22.0 Å². The molecule has 12 N–H and O–H groups in total. The lowest BCUT2D eigenvalue weighted by molar-refractivity contribution is -0.133. The van der Waals surface area contributed by atoms with Crippen LogP contribution in [0.5, 0.6) is 5.75 Å². The second-order valence-electron chi connectivity index (χ2n) is 14.4. The van der Waals surface area contributed by atoms with Crippen LogP contribution in [0.25, 0.3) is 10.9 Å². The first-order valence-corrected chi connectivity index (χ1v) is 19.3. The minimum atomic E-state index is -1.17. The van der Waals surface area contributed by atoms with Crippen LogP contribution in [0.2, 0.25) is 0 Å². The number of methoxy groups -OCH3 is 1. The van der Waals surface area contributed by atoms with E-state index in [0.29, 0.717) is 11.3 Å². The molecule has 0 unspecified atom stereocenters. The van der Waals surface area contributed by atoms with Gasteiger partial charge in [0.1, 0.15) is 29.9 Å². The summed E-state index contributed by atoms with van der Waals surface area (Å²) in [5.41, 5.74) is 19.4. The monoisotopic (exact) mass is 810 g/mol. The Labute approximate surface area is 342 Å². The fourth-order valence-corrected chi connectivity index (χ4v) is 6.34. The number of ether oxygens (including phenoxy) is 1. The molecule has 4 aromatic rings. The third kappa shape index (κ3) is 14.2. The number of nitrogens with zero attached hydrogens (tertiary/aromatic N) is 1. The van der Waals surface area contributed by atoms with Crippen molar-refractivity contribution in [3.63, 3.8) is 0 Å². The Bertz CT molecular complexity index is 2080. The van der Waals surface area contributed by atoms with Crippen LogP contribution in [0, 0.1) is 5.92 Å². The molecule has 0 saturated carbocycles. The molecule has 3 aromatic carbocycles. The van der Waals surface area contributed by atoms with E-state index in [1.54, 1.807) is 30.5 Å². The van der Waals surface area contributed by atoms with Gasteiger partial charge in [0.05, 0.1) is 13.7 Å². The lowest BCUT2D eigenvalue weighted by Crippen LogP contribution is -2.57. The standard InChI is InChI=1S/C42H54N10O7/c1-25(2)20-34(49-36(53)24-48-39(56)35(21-26-10-5-4-6-11-26)52-38(55)27-15-17-29(59-3)18-16-27)41(58)50-32(14-9-19-46-42(44)45)40(57)51-33(37(43)54)22-28-23-47-31-13-8-7-12-30(28)31/h4-8,10-13,15-18,23,25,32-35,47H,9,14,19-22,24H2,1-3H3,(H2,43,54)(H,48,56)(H,49,53)(H,50,58)(H,51,57)(H,52,55)(H4,44,45,46)/t32-,33-,34-,35-/m0/s1. The smallest absolute Gasteiger partial charge is 0.251 e. The van der Waals surface area contributed by atoms with Gasteiger partial charge in [-0.3, -0.25) is 33.8 Å². The van der Waals surface area contributed by atoms with Crippen LogP contribution < -0.4 is 48.5 Å². The number of aliphatic imine (C=N–C) groups is 1. The highest BCUT2D eigenvalue weighted by Gasteiger charge is 2.30. The predicted molar refractivity (Wildman–Crippen MR) is 224 cm³/mol. The first kappa shape index (κ1) is 44.8. The molecule has 0 spiro atoms. The highest BCUT2D eigenvalue weighted by molar-refractivity contribution is 5.99. The number of fused-ring (bicyclic) bond motifs is 1. The lowest BCUT2D eigenvalue weighted by atomic mass is 10.0. The van der Waals surface area contributed by atoms with Gasteiger partial charge in [-0.25, -0.2) is 0 Å². The molecular weight excluding hydrogens is 757 g/mol. The minimum absolute atomic E-state index is 0.0754. The maximum atomic E-state index is 13.8. The van der Waals surface area contributed by atoms with Crippen molar-refractivity contribution in [1.29, 1.82) is 0 Å². The number of benzene rings is 3. The molecule has 0 bridgehead atoms. The Morgan fingerprint density at radius 2 is 1.39 bits per heavy atom. The van der Waals surface area contributed by atoms with Crippen molar-refractivity contribution in [1.82, 2.24) is 31.6 Å². The van der Waals surface area contributed by atoms with Crippen LogP contribution >= 0.6 is 0 Å². The Morgan fingerprint density at radius 1 is 0.729 bits per heavy atom. The van der Waals surface area contributed by atoms with Crippen LogP contribution in [0.3, 0.4) is 0 Å². The Balaban J connectivity index is 1.44. The molecule has 314 valence electrons. The second kappa shape index (κ2) is 22.1. The number of para-hydroxylation sites is 1. The second-order valence-corrected chi connectivity index (χ2v) is 14.4. The van der Waals surface area contributed by atoms with Crippen LogP contribution in [0.4, 0.5) is 0 Å². The normalized spacial score (nSPS) is 12.9. The highest BCUT2D eigenvalue weighted by Crippen LogP contribution is 2.19. The number of rotatable bonds is 22. The number of aromatic nitrogens is 1. The van der Waals surface area contributed by atoms with Gasteiger partial charge in [-0.1, -0.05) is 62.4 Å². The topological polar surface area (TPSA) is 278 Å². The zero-order valence-corrected chi connectivity index (χ0v) is 33.5. The summed E-state index contributed by atoms with van der Waals surface area (Å²) in [6.07, 6.45) is 2.52. The number of nitrogens with one attached hydrogen (secondary N) is 6. The van der Waals surface area contributed by atoms with Gasteiger partial charge in [-0.05, 0) is 66.6 Å². The van der Waals surface area contributed by atoms with Gasteiger partial charge in [0, 0.05) is 42.0 Å². The summed E-state index contributed by atoms with van der Waals surface area (Å²) >= 11 is 0. The van der Waals surface area contributed by atoms with Crippen LogP contribution in [-0.2, 0) is 36.8 Å². The molecule has 17 heteroatoms. The summed E-state index contributed by atoms with van der Waals surface area (Å²) in [7, 11) is 1.51. The number of guanidine groups is 1. The summed E-state index contributed by atoms with van der Waals surface area (Å²) in [6, 6.07) is 18.5. The summed E-state index contributed by atoms with van der Waals surface area (Å²) in [6.45, 7) is 3.36. The lowest BCUT2D eigenvalue weighted by Gasteiger charge is -2.26. The Morgan fingerprint density at radius 3 is 2.05 bits per heavy atom. The van der Waals surface area contributed by atoms with Crippen molar-refractivity contribution < 1.29 is 33.5 Å². The number of amides is 6. The minimum Gasteiger partial charge on any atom is -0.497 e. The van der Waals surface area contributed by atoms with Crippen molar-refractivity contribution in [2.75, 3.05) is 20.2 Å². The molecule has 0 aliphatic heterocycles. The van der Waals surface area contributed by atoms with E-state index in [1.807, 2.05) is 68.4 Å². The van der Waals surface area contributed by atoms with Gasteiger partial charge >= 0.3 is 0 Å². The summed E-state index contributed by atoms with van der Waals surface area (Å²) < 4.78 is 5.16. The largest absolute Gasteiger partial charge is 0.497 e. The van der Waals surface area contributed by atoms with Gasteiger partial charge in [-0.2, -0.15) is 0 Å². The molecular formula is C42H54N10O7. The molecule has 59 heavy (non-hydrogen) atoms. The van der Waals surface area contributed by atoms with Crippen LogP contribution in [0.15, 0.2) is 90.1 Å². The average Bonchev–Trinajstić information content (AvgIpc) is 3.62. The van der Waals surface area contributed by atoms with Crippen molar-refractivity contribution in [3.8, 4) is 5.75 Å². The Kier molecular flexibility index (Phi) is 16.8. The maximum Gasteiger partial charge on any atom is 0.251 e. The van der Waals surface area contributed by atoms with Crippen molar-refractivity contribution in [3.05, 3.63) is 102 Å². The zero-order chi connectivity index (χ0) is 42.9.